The van der Waals surface area contributed by atoms with E-state index in [1.54, 1.807) is 18.2 Å². The number of nitrogens with zero attached hydrogens (tertiary/aromatic N) is 2. The average molecular weight is 274 g/mol. The topological polar surface area (TPSA) is 98.6 Å². The summed E-state index contributed by atoms with van der Waals surface area (Å²) in [5, 5.41) is 8.76. The molecule has 0 aliphatic carbocycles. The molecular formula is C13H10N2O5. The summed E-state index contributed by atoms with van der Waals surface area (Å²) in [7, 11) is 1.49. The second kappa shape index (κ2) is 5.79. The second-order valence-corrected chi connectivity index (χ2v) is 3.64. The van der Waals surface area contributed by atoms with E-state index >= 15 is 0 Å². The summed E-state index contributed by atoms with van der Waals surface area (Å²) in [5.74, 6) is -1.76. The molecule has 0 atom stereocenters. The van der Waals surface area contributed by atoms with Crippen LogP contribution in [0.15, 0.2) is 36.5 Å². The summed E-state index contributed by atoms with van der Waals surface area (Å²) in [4.78, 5) is 29.7. The normalized spacial score (nSPS) is 9.85. The van der Waals surface area contributed by atoms with Gasteiger partial charge in [0.15, 0.2) is 5.69 Å². The van der Waals surface area contributed by atoms with Gasteiger partial charge in [0.25, 0.3) is 0 Å². The van der Waals surface area contributed by atoms with Gasteiger partial charge in [0.1, 0.15) is 11.5 Å². The summed E-state index contributed by atoms with van der Waals surface area (Å²) in [5.41, 5.74) is -0.139. The predicted octanol–water partition coefficient (Wildman–Crippen LogP) is 1.40. The van der Waals surface area contributed by atoms with Crippen molar-refractivity contribution in [2.24, 2.45) is 0 Å². The van der Waals surface area contributed by atoms with Crippen molar-refractivity contribution in [1.82, 2.24) is 9.97 Å². The first kappa shape index (κ1) is 13.5. The highest BCUT2D eigenvalue weighted by molar-refractivity contribution is 5.90. The van der Waals surface area contributed by atoms with Crippen molar-refractivity contribution in [2.75, 3.05) is 7.11 Å². The van der Waals surface area contributed by atoms with Crippen LogP contribution in [0.25, 0.3) is 0 Å². The lowest BCUT2D eigenvalue weighted by Gasteiger charge is -2.05. The molecule has 0 saturated heterocycles. The number of aromatic carboxylic acids is 1. The zero-order valence-corrected chi connectivity index (χ0v) is 10.4. The maximum absolute atomic E-state index is 11.8. The number of carboxylic acid groups (broad SMARTS) is 1. The lowest BCUT2D eigenvalue weighted by molar-refractivity contribution is 0.0682. The quantitative estimate of drug-likeness (QED) is 0.664. The Balaban J connectivity index is 2.19. The van der Waals surface area contributed by atoms with Gasteiger partial charge in [-0.1, -0.05) is 6.07 Å². The summed E-state index contributed by atoms with van der Waals surface area (Å²) in [6.07, 6.45) is 1.18. The number of aromatic nitrogens is 2. The molecular weight excluding hydrogens is 264 g/mol. The summed E-state index contributed by atoms with van der Waals surface area (Å²) < 4.78 is 10.1. The van der Waals surface area contributed by atoms with Gasteiger partial charge in [-0.15, -0.1) is 0 Å². The monoisotopic (exact) mass is 274 g/mol. The Hall–Kier alpha value is -2.96. The van der Waals surface area contributed by atoms with E-state index in [4.69, 9.17) is 14.6 Å². The van der Waals surface area contributed by atoms with Gasteiger partial charge in [0.2, 0.25) is 5.82 Å². The molecule has 0 aliphatic heterocycles. The third-order valence-electron chi connectivity index (χ3n) is 2.31. The summed E-state index contributed by atoms with van der Waals surface area (Å²) >= 11 is 0. The number of esters is 1. The first-order valence-electron chi connectivity index (χ1n) is 5.52. The van der Waals surface area contributed by atoms with Crippen molar-refractivity contribution in [2.45, 2.75) is 0 Å². The Morgan fingerprint density at radius 2 is 1.95 bits per heavy atom. The van der Waals surface area contributed by atoms with Gasteiger partial charge in [-0.05, 0) is 18.2 Å². The van der Waals surface area contributed by atoms with Gasteiger partial charge in [0.05, 0.1) is 7.11 Å². The maximum Gasteiger partial charge on any atom is 0.373 e. The van der Waals surface area contributed by atoms with Crippen molar-refractivity contribution in [3.05, 3.63) is 48.0 Å². The van der Waals surface area contributed by atoms with Crippen LogP contribution in [0.5, 0.6) is 11.5 Å². The molecule has 2 rings (SSSR count). The molecule has 1 aromatic carbocycles. The Morgan fingerprint density at radius 3 is 2.65 bits per heavy atom. The molecule has 0 bridgehead atoms. The van der Waals surface area contributed by atoms with Crippen LogP contribution in [0.2, 0.25) is 0 Å². The highest BCUT2D eigenvalue weighted by atomic mass is 16.5. The van der Waals surface area contributed by atoms with Crippen LogP contribution < -0.4 is 9.47 Å². The maximum atomic E-state index is 11.8. The van der Waals surface area contributed by atoms with Gasteiger partial charge in [-0.2, -0.15) is 0 Å². The van der Waals surface area contributed by atoms with Crippen LogP contribution in [0.4, 0.5) is 0 Å². The summed E-state index contributed by atoms with van der Waals surface area (Å²) in [6, 6.07) is 7.72. The first-order chi connectivity index (χ1) is 9.60. The molecule has 1 heterocycles. The predicted molar refractivity (Wildman–Crippen MR) is 66.9 cm³/mol. The third kappa shape index (κ3) is 3.08. The fourth-order valence-electron chi connectivity index (χ4n) is 1.40. The van der Waals surface area contributed by atoms with Gasteiger partial charge in [-0.3, -0.25) is 0 Å². The van der Waals surface area contributed by atoms with Crippen molar-refractivity contribution < 1.29 is 24.2 Å². The van der Waals surface area contributed by atoms with E-state index in [-0.39, 0.29) is 11.4 Å². The fraction of sp³-hybridized carbons (Fsp3) is 0.0769. The number of methoxy groups -OCH3 is 1. The number of hydrogen-bond acceptors (Lipinski definition) is 6. The zero-order chi connectivity index (χ0) is 14.5. The second-order valence-electron chi connectivity index (χ2n) is 3.64. The molecule has 0 amide bonds. The molecule has 2 aromatic rings. The fourth-order valence-corrected chi connectivity index (χ4v) is 1.40. The largest absolute Gasteiger partial charge is 0.497 e. The van der Waals surface area contributed by atoms with Crippen LogP contribution in [0, 0.1) is 0 Å². The molecule has 7 nitrogen and oxygen atoms in total. The third-order valence-corrected chi connectivity index (χ3v) is 2.31. The smallest absolute Gasteiger partial charge is 0.373 e. The van der Waals surface area contributed by atoms with E-state index in [1.165, 1.54) is 25.4 Å². The number of hydrogen-bond donors (Lipinski definition) is 1. The van der Waals surface area contributed by atoms with E-state index in [9.17, 15) is 9.59 Å². The SMILES string of the molecule is COc1cccc(OC(=O)c2ccnc(C(=O)O)n2)c1. The van der Waals surface area contributed by atoms with Crippen molar-refractivity contribution in [3.8, 4) is 11.5 Å². The molecule has 0 aliphatic rings. The number of carboxylic acids is 1. The minimum Gasteiger partial charge on any atom is -0.497 e. The Morgan fingerprint density at radius 1 is 1.20 bits per heavy atom. The number of ether oxygens (including phenoxy) is 2. The molecule has 1 N–H and O–H groups in total. The van der Waals surface area contributed by atoms with Crippen molar-refractivity contribution in [3.63, 3.8) is 0 Å². The van der Waals surface area contributed by atoms with E-state index < -0.39 is 17.8 Å². The number of benzene rings is 1. The van der Waals surface area contributed by atoms with E-state index in [1.807, 2.05) is 0 Å². The highest BCUT2D eigenvalue weighted by Crippen LogP contribution is 2.19. The van der Waals surface area contributed by atoms with Crippen molar-refractivity contribution >= 4 is 11.9 Å². The minimum atomic E-state index is -1.32. The molecule has 0 saturated carbocycles. The van der Waals surface area contributed by atoms with Crippen LogP contribution in [-0.2, 0) is 0 Å². The van der Waals surface area contributed by atoms with E-state index in [0.717, 1.165) is 0 Å². The minimum absolute atomic E-state index is 0.139. The molecule has 20 heavy (non-hydrogen) atoms. The van der Waals surface area contributed by atoms with E-state index in [0.29, 0.717) is 5.75 Å². The van der Waals surface area contributed by atoms with Crippen LogP contribution >= 0.6 is 0 Å². The van der Waals surface area contributed by atoms with Crippen molar-refractivity contribution in [1.29, 1.82) is 0 Å². The summed E-state index contributed by atoms with van der Waals surface area (Å²) in [6.45, 7) is 0. The number of rotatable bonds is 4. The standard InChI is InChI=1S/C13H10N2O5/c1-19-8-3-2-4-9(7-8)20-13(18)10-5-6-14-11(15-10)12(16)17/h2-7H,1H3,(H,16,17). The molecule has 0 unspecified atom stereocenters. The molecule has 7 heteroatoms. The highest BCUT2D eigenvalue weighted by Gasteiger charge is 2.14. The van der Waals surface area contributed by atoms with Gasteiger partial charge < -0.3 is 14.6 Å². The zero-order valence-electron chi connectivity index (χ0n) is 10.4. The number of carbonyl (C=O) groups excluding carboxylic acids is 1. The Kier molecular flexibility index (Phi) is 3.90. The molecule has 0 spiro atoms. The van der Waals surface area contributed by atoms with Crippen LogP contribution in [0.3, 0.4) is 0 Å². The lowest BCUT2D eigenvalue weighted by Crippen LogP contribution is -2.14. The Labute approximate surface area is 113 Å². The van der Waals surface area contributed by atoms with Crippen LogP contribution in [0.1, 0.15) is 21.1 Å². The van der Waals surface area contributed by atoms with Gasteiger partial charge in [-0.25, -0.2) is 19.6 Å². The lowest BCUT2D eigenvalue weighted by atomic mass is 10.3. The van der Waals surface area contributed by atoms with Crippen LogP contribution in [-0.4, -0.2) is 34.1 Å². The Bertz CT molecular complexity index is 657. The first-order valence-corrected chi connectivity index (χ1v) is 5.52. The molecule has 0 fully saturated rings. The molecule has 0 radical (unpaired) electrons. The number of carbonyl (C=O) groups is 2. The average Bonchev–Trinajstić information content (AvgIpc) is 2.47. The molecule has 102 valence electrons. The van der Waals surface area contributed by atoms with Gasteiger partial charge >= 0.3 is 11.9 Å². The molecule has 1 aromatic heterocycles. The van der Waals surface area contributed by atoms with E-state index in [2.05, 4.69) is 9.97 Å². The van der Waals surface area contributed by atoms with Gasteiger partial charge in [0, 0.05) is 12.3 Å².